The van der Waals surface area contributed by atoms with Crippen molar-refractivity contribution >= 4 is 17.5 Å². The Hall–Kier alpha value is -3.43. The summed E-state index contributed by atoms with van der Waals surface area (Å²) >= 11 is 0. The van der Waals surface area contributed by atoms with E-state index in [4.69, 9.17) is 9.57 Å². The van der Waals surface area contributed by atoms with Gasteiger partial charge in [-0.1, -0.05) is 32.9 Å². The molecule has 9 heteroatoms. The number of amides is 2. The number of hydrogen-bond acceptors (Lipinski definition) is 6. The van der Waals surface area contributed by atoms with Crippen molar-refractivity contribution in [2.45, 2.75) is 45.6 Å². The lowest BCUT2D eigenvalue weighted by molar-refractivity contribution is -0.299. The zero-order valence-corrected chi connectivity index (χ0v) is 20.9. The number of allylic oxidation sites excluding steroid dienone is 1. The molecule has 3 rings (SSSR count). The van der Waals surface area contributed by atoms with Crippen LogP contribution in [0.2, 0.25) is 0 Å². The van der Waals surface area contributed by atoms with Crippen molar-refractivity contribution in [2.24, 2.45) is 0 Å². The van der Waals surface area contributed by atoms with Gasteiger partial charge in [-0.25, -0.2) is 4.39 Å². The number of rotatable bonds is 6. The Kier molecular flexibility index (Phi) is 7.82. The summed E-state index contributed by atoms with van der Waals surface area (Å²) in [7, 11) is 2.79. The number of carbonyl (C=O) groups excluding carboxylic acids is 2. The first-order valence-corrected chi connectivity index (χ1v) is 11.3. The highest BCUT2D eigenvalue weighted by Gasteiger charge is 2.38. The quantitative estimate of drug-likeness (QED) is 0.359. The fourth-order valence-corrected chi connectivity index (χ4v) is 4.14. The number of ether oxygens (including phenoxy) is 1. The summed E-state index contributed by atoms with van der Waals surface area (Å²) in [5, 5.41) is 12.6. The summed E-state index contributed by atoms with van der Waals surface area (Å²) in [6, 6.07) is 8.87. The minimum Gasteiger partial charge on any atom is -0.497 e. The molecule has 0 saturated carbocycles. The molecule has 35 heavy (non-hydrogen) atoms. The molecule has 2 aromatic carbocycles. The van der Waals surface area contributed by atoms with Crippen molar-refractivity contribution in [3.63, 3.8) is 0 Å². The van der Waals surface area contributed by atoms with E-state index in [2.05, 4.69) is 5.32 Å². The number of hydroxylamine groups is 2. The first-order valence-electron chi connectivity index (χ1n) is 11.3. The summed E-state index contributed by atoms with van der Waals surface area (Å²) in [6.45, 7) is 7.54. The minimum atomic E-state index is -1.01. The highest BCUT2D eigenvalue weighted by Crippen LogP contribution is 2.35. The van der Waals surface area contributed by atoms with E-state index in [1.165, 1.54) is 24.1 Å². The molecule has 1 aliphatic heterocycles. The molecule has 1 unspecified atom stereocenters. The van der Waals surface area contributed by atoms with Crippen LogP contribution in [0.4, 0.5) is 10.1 Å². The third kappa shape index (κ3) is 5.80. The second-order valence-corrected chi connectivity index (χ2v) is 9.36. The number of methoxy groups -OCH3 is 1. The van der Waals surface area contributed by atoms with Crippen LogP contribution in [-0.2, 0) is 26.3 Å². The first-order chi connectivity index (χ1) is 16.5. The predicted octanol–water partition coefficient (Wildman–Crippen LogP) is 4.35. The van der Waals surface area contributed by atoms with Gasteiger partial charge in [0.25, 0.3) is 11.8 Å². The molecular weight excluding hydrogens is 453 g/mol. The van der Waals surface area contributed by atoms with E-state index < -0.39 is 23.7 Å². The lowest BCUT2D eigenvalue weighted by atomic mass is 9.86. The van der Waals surface area contributed by atoms with Gasteiger partial charge >= 0.3 is 0 Å². The third-order valence-electron chi connectivity index (χ3n) is 5.84. The summed E-state index contributed by atoms with van der Waals surface area (Å²) in [5.41, 5.74) is 1.92. The SMILES string of the molecule is C/C=C(\ON(C)O)C(=O)N1CCc2cc(OC)ccc2C1C(=O)Nc1ccc(C(C)(C)C)c(F)c1. The van der Waals surface area contributed by atoms with Crippen molar-refractivity contribution in [3.05, 3.63) is 70.7 Å². The monoisotopic (exact) mass is 485 g/mol. The van der Waals surface area contributed by atoms with Gasteiger partial charge < -0.3 is 19.8 Å². The van der Waals surface area contributed by atoms with Crippen LogP contribution in [0.3, 0.4) is 0 Å². The van der Waals surface area contributed by atoms with Gasteiger partial charge in [-0.05, 0) is 71.0 Å². The van der Waals surface area contributed by atoms with Gasteiger partial charge in [0.2, 0.25) is 5.76 Å². The summed E-state index contributed by atoms with van der Waals surface area (Å²) in [4.78, 5) is 33.3. The van der Waals surface area contributed by atoms with Gasteiger partial charge in [-0.15, -0.1) is 0 Å². The van der Waals surface area contributed by atoms with E-state index in [9.17, 15) is 19.2 Å². The topological polar surface area (TPSA) is 91.3 Å². The highest BCUT2D eigenvalue weighted by atomic mass is 19.1. The van der Waals surface area contributed by atoms with Crippen molar-refractivity contribution in [1.29, 1.82) is 0 Å². The Morgan fingerprint density at radius 3 is 2.51 bits per heavy atom. The highest BCUT2D eigenvalue weighted by molar-refractivity contribution is 6.01. The van der Waals surface area contributed by atoms with Crippen LogP contribution in [0.1, 0.15) is 50.4 Å². The molecule has 1 atom stereocenters. The summed E-state index contributed by atoms with van der Waals surface area (Å²) < 4.78 is 20.1. The molecule has 0 aliphatic carbocycles. The van der Waals surface area contributed by atoms with Crippen LogP contribution in [-0.4, -0.2) is 47.9 Å². The molecule has 8 nitrogen and oxygen atoms in total. The third-order valence-corrected chi connectivity index (χ3v) is 5.84. The van der Waals surface area contributed by atoms with E-state index in [1.54, 1.807) is 38.3 Å². The van der Waals surface area contributed by atoms with Gasteiger partial charge in [0.1, 0.15) is 17.6 Å². The molecule has 0 bridgehead atoms. The molecule has 0 fully saturated rings. The van der Waals surface area contributed by atoms with Crippen molar-refractivity contribution in [1.82, 2.24) is 10.1 Å². The normalized spacial score (nSPS) is 16.1. The largest absolute Gasteiger partial charge is 0.497 e. The standard InChI is InChI=1S/C26H32FN3O5/c1-7-22(35-29(5)33)25(32)30-13-12-16-14-18(34-6)9-10-19(16)23(30)24(31)28-17-8-11-20(21(27)15-17)26(2,3)4/h7-11,14-15,23,33H,12-13H2,1-6H3,(H,28,31)/b22-7-. The first kappa shape index (κ1) is 26.2. The maximum absolute atomic E-state index is 14.8. The van der Waals surface area contributed by atoms with Gasteiger partial charge in [0.15, 0.2) is 0 Å². The molecule has 1 aliphatic rings. The molecular formula is C26H32FN3O5. The Balaban J connectivity index is 1.98. The molecule has 0 aromatic heterocycles. The second kappa shape index (κ2) is 10.5. The van der Waals surface area contributed by atoms with E-state index in [-0.39, 0.29) is 23.4 Å². The number of nitrogens with one attached hydrogen (secondary N) is 1. The number of carbonyl (C=O) groups is 2. The Morgan fingerprint density at radius 1 is 1.23 bits per heavy atom. The van der Waals surface area contributed by atoms with Crippen LogP contribution in [0.5, 0.6) is 5.75 Å². The van der Waals surface area contributed by atoms with Gasteiger partial charge in [0.05, 0.1) is 14.2 Å². The van der Waals surface area contributed by atoms with Crippen molar-refractivity contribution < 1.29 is 28.8 Å². The molecule has 2 amide bonds. The number of nitrogens with zero attached hydrogens (tertiary/aromatic N) is 2. The van der Waals surface area contributed by atoms with Crippen LogP contribution >= 0.6 is 0 Å². The maximum Gasteiger partial charge on any atom is 0.292 e. The predicted molar refractivity (Wildman–Crippen MR) is 129 cm³/mol. The zero-order chi connectivity index (χ0) is 25.9. The number of anilines is 1. The molecule has 0 saturated heterocycles. The van der Waals surface area contributed by atoms with Gasteiger partial charge in [0, 0.05) is 12.2 Å². The average molecular weight is 486 g/mol. The van der Waals surface area contributed by atoms with Crippen molar-refractivity contribution in [2.75, 3.05) is 26.0 Å². The van der Waals surface area contributed by atoms with Gasteiger partial charge in [-0.3, -0.25) is 14.8 Å². The maximum atomic E-state index is 14.8. The van der Waals surface area contributed by atoms with E-state index >= 15 is 0 Å². The average Bonchev–Trinajstić information content (AvgIpc) is 2.79. The molecule has 0 spiro atoms. The number of fused-ring (bicyclic) bond motifs is 1. The Bertz CT molecular complexity index is 1140. The lowest BCUT2D eigenvalue weighted by Gasteiger charge is -2.36. The molecule has 188 valence electrons. The van der Waals surface area contributed by atoms with E-state index in [0.717, 1.165) is 5.56 Å². The van der Waals surface area contributed by atoms with Crippen LogP contribution < -0.4 is 10.1 Å². The van der Waals surface area contributed by atoms with Gasteiger partial charge in [-0.2, -0.15) is 0 Å². The summed E-state index contributed by atoms with van der Waals surface area (Å²) in [5.74, 6) is -0.982. The minimum absolute atomic E-state index is 0.134. The van der Waals surface area contributed by atoms with Crippen LogP contribution in [0, 0.1) is 5.82 Å². The smallest absolute Gasteiger partial charge is 0.292 e. The number of benzene rings is 2. The molecule has 2 N–H and O–H groups in total. The van der Waals surface area contributed by atoms with Crippen LogP contribution in [0.25, 0.3) is 0 Å². The number of hydrogen-bond donors (Lipinski definition) is 2. The molecule has 0 radical (unpaired) electrons. The Morgan fingerprint density at radius 2 is 1.94 bits per heavy atom. The van der Waals surface area contributed by atoms with E-state index in [0.29, 0.717) is 28.5 Å². The fourth-order valence-electron chi connectivity index (χ4n) is 4.14. The van der Waals surface area contributed by atoms with Crippen molar-refractivity contribution in [3.8, 4) is 5.75 Å². The zero-order valence-electron chi connectivity index (χ0n) is 20.9. The van der Waals surface area contributed by atoms with Crippen LogP contribution in [0.15, 0.2) is 48.2 Å². The Labute approximate surface area is 204 Å². The number of halogens is 1. The molecule has 1 heterocycles. The lowest BCUT2D eigenvalue weighted by Crippen LogP contribution is -2.46. The molecule has 2 aromatic rings. The second-order valence-electron chi connectivity index (χ2n) is 9.36. The summed E-state index contributed by atoms with van der Waals surface area (Å²) in [6.07, 6.45) is 1.90. The van der Waals surface area contributed by atoms with E-state index in [1.807, 2.05) is 26.8 Å². The fraction of sp³-hybridized carbons (Fsp3) is 0.385.